The molecule has 0 radical (unpaired) electrons. The highest BCUT2D eigenvalue weighted by atomic mass is 19.4. The van der Waals surface area contributed by atoms with E-state index in [1.807, 2.05) is 0 Å². The lowest BCUT2D eigenvalue weighted by Gasteiger charge is -2.05. The van der Waals surface area contributed by atoms with Crippen molar-refractivity contribution in [2.45, 2.75) is 12.7 Å². The minimum atomic E-state index is -4.54. The average molecular weight is 288 g/mol. The van der Waals surface area contributed by atoms with Gasteiger partial charge in [0.25, 0.3) is 0 Å². The van der Waals surface area contributed by atoms with Crippen LogP contribution in [0.25, 0.3) is 0 Å². The number of carbonyl (C=O) groups is 1. The van der Waals surface area contributed by atoms with E-state index in [1.165, 1.54) is 6.07 Å². The van der Waals surface area contributed by atoms with E-state index in [9.17, 15) is 22.4 Å². The van der Waals surface area contributed by atoms with Gasteiger partial charge in [-0.05, 0) is 23.8 Å². The minimum Gasteiger partial charge on any atom is -0.478 e. The van der Waals surface area contributed by atoms with Crippen LogP contribution < -0.4 is 0 Å². The predicted octanol–water partition coefficient (Wildman–Crippen LogP) is 2.79. The van der Waals surface area contributed by atoms with Crippen molar-refractivity contribution in [3.8, 4) is 0 Å². The van der Waals surface area contributed by atoms with Crippen molar-refractivity contribution in [2.24, 2.45) is 0 Å². The van der Waals surface area contributed by atoms with Crippen molar-refractivity contribution in [3.05, 3.63) is 53.1 Å². The summed E-state index contributed by atoms with van der Waals surface area (Å²) in [4.78, 5) is 10.8. The van der Waals surface area contributed by atoms with E-state index in [-0.39, 0.29) is 6.54 Å². The fourth-order valence-corrected chi connectivity index (χ4v) is 1.62. The van der Waals surface area contributed by atoms with Crippen LogP contribution in [0.15, 0.2) is 30.5 Å². The average Bonchev–Trinajstić information content (AvgIpc) is 2.79. The molecule has 4 nitrogen and oxygen atoms in total. The lowest BCUT2D eigenvalue weighted by atomic mass is 10.1. The highest BCUT2D eigenvalue weighted by Gasteiger charge is 2.33. The van der Waals surface area contributed by atoms with Gasteiger partial charge in [-0.15, -0.1) is 0 Å². The Labute approximate surface area is 110 Å². The van der Waals surface area contributed by atoms with Crippen molar-refractivity contribution < 1.29 is 27.5 Å². The third kappa shape index (κ3) is 2.95. The molecule has 2 rings (SSSR count). The highest BCUT2D eigenvalue weighted by Crippen LogP contribution is 2.27. The zero-order chi connectivity index (χ0) is 14.9. The Morgan fingerprint density at radius 3 is 2.55 bits per heavy atom. The monoisotopic (exact) mass is 288 g/mol. The lowest BCUT2D eigenvalue weighted by molar-refractivity contribution is -0.141. The Bertz CT molecular complexity index is 649. The Kier molecular flexibility index (Phi) is 3.47. The molecular weight excluding hydrogens is 280 g/mol. The van der Waals surface area contributed by atoms with Crippen LogP contribution in [0.3, 0.4) is 0 Å². The summed E-state index contributed by atoms with van der Waals surface area (Å²) in [5.41, 5.74) is -1.25. The van der Waals surface area contributed by atoms with E-state index in [0.29, 0.717) is 5.56 Å². The first-order valence-electron chi connectivity index (χ1n) is 5.40. The van der Waals surface area contributed by atoms with E-state index in [4.69, 9.17) is 5.11 Å². The van der Waals surface area contributed by atoms with Gasteiger partial charge in [0.05, 0.1) is 12.1 Å². The van der Waals surface area contributed by atoms with Gasteiger partial charge in [0, 0.05) is 6.20 Å². The van der Waals surface area contributed by atoms with Crippen LogP contribution in [0.5, 0.6) is 0 Å². The predicted molar refractivity (Wildman–Crippen MR) is 59.7 cm³/mol. The summed E-state index contributed by atoms with van der Waals surface area (Å²) in [5, 5.41) is 12.1. The SMILES string of the molecule is O=C(O)c1cc(Cn2ccc(C(F)(F)F)n2)ccc1F. The molecule has 0 atom stereocenters. The number of carboxylic acids is 1. The number of aromatic carboxylic acids is 1. The number of aromatic nitrogens is 2. The van der Waals surface area contributed by atoms with Gasteiger partial charge in [-0.3, -0.25) is 4.68 Å². The molecule has 1 heterocycles. The van der Waals surface area contributed by atoms with E-state index < -0.39 is 29.2 Å². The van der Waals surface area contributed by atoms with Crippen LogP contribution in [0.4, 0.5) is 17.6 Å². The molecular formula is C12H8F4N2O2. The number of rotatable bonds is 3. The Morgan fingerprint density at radius 2 is 2.00 bits per heavy atom. The number of carboxylic acid groups (broad SMARTS) is 1. The molecule has 0 amide bonds. The van der Waals surface area contributed by atoms with Gasteiger partial charge in [-0.2, -0.15) is 18.3 Å². The molecule has 0 saturated heterocycles. The molecule has 0 saturated carbocycles. The molecule has 0 unspecified atom stereocenters. The molecule has 0 aliphatic rings. The first-order valence-corrected chi connectivity index (χ1v) is 5.40. The molecule has 0 fully saturated rings. The van der Waals surface area contributed by atoms with Gasteiger partial charge in [0.15, 0.2) is 5.69 Å². The fraction of sp³-hybridized carbons (Fsp3) is 0.167. The van der Waals surface area contributed by atoms with Crippen molar-refractivity contribution in [3.63, 3.8) is 0 Å². The number of benzene rings is 1. The molecule has 2 aromatic rings. The van der Waals surface area contributed by atoms with E-state index in [1.54, 1.807) is 0 Å². The zero-order valence-corrected chi connectivity index (χ0v) is 9.86. The maximum absolute atomic E-state index is 13.2. The van der Waals surface area contributed by atoms with Crippen molar-refractivity contribution in [2.75, 3.05) is 0 Å². The van der Waals surface area contributed by atoms with Crippen molar-refractivity contribution in [1.82, 2.24) is 9.78 Å². The van der Waals surface area contributed by atoms with Gasteiger partial charge < -0.3 is 5.11 Å². The Morgan fingerprint density at radius 1 is 1.30 bits per heavy atom. The quantitative estimate of drug-likeness (QED) is 0.884. The van der Waals surface area contributed by atoms with Gasteiger partial charge in [0.2, 0.25) is 0 Å². The molecule has 106 valence electrons. The van der Waals surface area contributed by atoms with Crippen LogP contribution in [-0.2, 0) is 12.7 Å². The highest BCUT2D eigenvalue weighted by molar-refractivity contribution is 5.88. The number of hydrogen-bond acceptors (Lipinski definition) is 2. The molecule has 1 N–H and O–H groups in total. The third-order valence-corrected chi connectivity index (χ3v) is 2.54. The summed E-state index contributed by atoms with van der Waals surface area (Å²) in [6.07, 6.45) is -3.42. The molecule has 0 aliphatic heterocycles. The summed E-state index contributed by atoms with van der Waals surface area (Å²) in [6, 6.07) is 4.11. The Balaban J connectivity index is 2.24. The van der Waals surface area contributed by atoms with Gasteiger partial charge in [-0.1, -0.05) is 6.07 Å². The summed E-state index contributed by atoms with van der Waals surface area (Å²) in [7, 11) is 0. The number of halogens is 4. The standard InChI is InChI=1S/C12H8F4N2O2/c13-9-2-1-7(5-8(9)11(19)20)6-18-4-3-10(17-18)12(14,15)16/h1-5H,6H2,(H,19,20). The molecule has 0 aliphatic carbocycles. The second-order valence-corrected chi connectivity index (χ2v) is 4.02. The van der Waals surface area contributed by atoms with Gasteiger partial charge in [0.1, 0.15) is 5.82 Å². The smallest absolute Gasteiger partial charge is 0.435 e. The maximum atomic E-state index is 13.2. The zero-order valence-electron chi connectivity index (χ0n) is 9.86. The van der Waals surface area contributed by atoms with Crippen LogP contribution in [-0.4, -0.2) is 20.9 Å². The normalized spacial score (nSPS) is 11.6. The minimum absolute atomic E-state index is 0.0867. The number of alkyl halides is 3. The molecule has 0 spiro atoms. The number of hydrogen-bond donors (Lipinski definition) is 1. The fourth-order valence-electron chi connectivity index (χ4n) is 1.62. The van der Waals surface area contributed by atoms with E-state index >= 15 is 0 Å². The topological polar surface area (TPSA) is 55.1 Å². The van der Waals surface area contributed by atoms with Crippen LogP contribution in [0.2, 0.25) is 0 Å². The largest absolute Gasteiger partial charge is 0.478 e. The van der Waals surface area contributed by atoms with Crippen LogP contribution in [0, 0.1) is 5.82 Å². The lowest BCUT2D eigenvalue weighted by Crippen LogP contribution is -2.09. The number of nitrogens with zero attached hydrogens (tertiary/aromatic N) is 2. The molecule has 0 bridgehead atoms. The van der Waals surface area contributed by atoms with Gasteiger partial charge >= 0.3 is 12.1 Å². The summed E-state index contributed by atoms with van der Waals surface area (Å²) >= 11 is 0. The van der Waals surface area contributed by atoms with Crippen LogP contribution >= 0.6 is 0 Å². The maximum Gasteiger partial charge on any atom is 0.435 e. The van der Waals surface area contributed by atoms with Crippen molar-refractivity contribution in [1.29, 1.82) is 0 Å². The summed E-state index contributed by atoms with van der Waals surface area (Å²) < 4.78 is 51.2. The van der Waals surface area contributed by atoms with E-state index in [2.05, 4.69) is 5.10 Å². The second kappa shape index (κ2) is 4.95. The second-order valence-electron chi connectivity index (χ2n) is 4.02. The first-order chi connectivity index (χ1) is 9.27. The van der Waals surface area contributed by atoms with Crippen LogP contribution in [0.1, 0.15) is 21.6 Å². The first kappa shape index (κ1) is 14.0. The summed E-state index contributed by atoms with van der Waals surface area (Å²) in [6.45, 7) is -0.0867. The molecule has 8 heteroatoms. The van der Waals surface area contributed by atoms with E-state index in [0.717, 1.165) is 29.1 Å². The summed E-state index contributed by atoms with van der Waals surface area (Å²) in [5.74, 6) is -2.35. The molecule has 1 aromatic heterocycles. The van der Waals surface area contributed by atoms with Crippen molar-refractivity contribution >= 4 is 5.97 Å². The Hall–Kier alpha value is -2.38. The van der Waals surface area contributed by atoms with Gasteiger partial charge in [-0.25, -0.2) is 9.18 Å². The molecule has 20 heavy (non-hydrogen) atoms. The molecule has 1 aromatic carbocycles. The third-order valence-electron chi connectivity index (χ3n) is 2.54.